The zero-order valence-corrected chi connectivity index (χ0v) is 18.3. The molecule has 4 nitrogen and oxygen atoms in total. The summed E-state index contributed by atoms with van der Waals surface area (Å²) in [6.07, 6.45) is 5.09. The van der Waals surface area contributed by atoms with Crippen molar-refractivity contribution in [3.63, 3.8) is 0 Å². The van der Waals surface area contributed by atoms with E-state index in [9.17, 15) is 10.3 Å². The van der Waals surface area contributed by atoms with Crippen molar-refractivity contribution in [1.29, 1.82) is 0 Å². The standard InChI is InChI=1S/C26H28ClN2O2/c1-2-19-17-29(16-18-6-5-7-21(27)14-18)13-11-20(19)15-25(29)26(30)23-10-12-28(31)24-9-4-3-8-22(23)24/h2-10,12,14,19-20,25-26,30H,1,11,13,15-17H2/q+1/t19?,20?,25?,26?,29-/m1/s1. The fraction of sp³-hybridized carbons (Fsp3) is 0.346. The molecule has 0 amide bonds. The number of rotatable bonds is 5. The molecule has 3 fully saturated rings. The lowest BCUT2D eigenvalue weighted by Gasteiger charge is -2.58. The maximum atomic E-state index is 12.3. The van der Waals surface area contributed by atoms with Gasteiger partial charge in [-0.15, -0.1) is 6.58 Å². The lowest BCUT2D eigenvalue weighted by molar-refractivity contribution is -0.984. The van der Waals surface area contributed by atoms with E-state index in [1.165, 1.54) is 11.8 Å². The average molecular weight is 436 g/mol. The molecule has 0 radical (unpaired) electrons. The maximum Gasteiger partial charge on any atom is 0.224 e. The number of hydrogen-bond acceptors (Lipinski definition) is 2. The van der Waals surface area contributed by atoms with Crippen molar-refractivity contribution in [2.45, 2.75) is 31.5 Å². The first-order valence-electron chi connectivity index (χ1n) is 11.0. The van der Waals surface area contributed by atoms with Gasteiger partial charge in [0.25, 0.3) is 0 Å². The van der Waals surface area contributed by atoms with Gasteiger partial charge in [-0.2, -0.15) is 4.73 Å². The van der Waals surface area contributed by atoms with Gasteiger partial charge in [-0.1, -0.05) is 41.9 Å². The number of aliphatic hydroxyl groups excluding tert-OH is 1. The Bertz CT molecular complexity index is 1130. The van der Waals surface area contributed by atoms with Crippen LogP contribution in [0.4, 0.5) is 0 Å². The number of para-hydroxylation sites is 1. The smallest absolute Gasteiger partial charge is 0.224 e. The van der Waals surface area contributed by atoms with Gasteiger partial charge in [0, 0.05) is 47.0 Å². The Kier molecular flexibility index (Phi) is 5.25. The molecule has 3 aliphatic rings. The first-order chi connectivity index (χ1) is 15.0. The Morgan fingerprint density at radius 2 is 2.06 bits per heavy atom. The monoisotopic (exact) mass is 435 g/mol. The van der Waals surface area contributed by atoms with E-state index in [2.05, 4.69) is 18.7 Å². The van der Waals surface area contributed by atoms with Gasteiger partial charge in [-0.3, -0.25) is 0 Å². The van der Waals surface area contributed by atoms with E-state index in [-0.39, 0.29) is 6.04 Å². The summed E-state index contributed by atoms with van der Waals surface area (Å²) in [6.45, 7) is 6.96. The number of aromatic nitrogens is 1. The molecule has 4 unspecified atom stereocenters. The quantitative estimate of drug-likeness (QED) is 0.271. The molecule has 1 N–H and O–H groups in total. The van der Waals surface area contributed by atoms with E-state index >= 15 is 0 Å². The van der Waals surface area contributed by atoms with Gasteiger partial charge in [0.15, 0.2) is 6.20 Å². The normalized spacial score (nSPS) is 28.5. The SMILES string of the molecule is C=CC1C[N@+]2(Cc3cccc(Cl)c3)CCC1CC2C(O)c1cc[n+]([O-])c2ccccc12. The van der Waals surface area contributed by atoms with Crippen LogP contribution in [-0.2, 0) is 6.54 Å². The largest absolute Gasteiger partial charge is 0.618 e. The van der Waals surface area contributed by atoms with E-state index in [1.54, 1.807) is 6.07 Å². The van der Waals surface area contributed by atoms with Crippen LogP contribution in [-0.4, -0.2) is 28.7 Å². The highest BCUT2D eigenvalue weighted by Gasteiger charge is 2.54. The summed E-state index contributed by atoms with van der Waals surface area (Å²) in [6, 6.07) is 17.5. The second-order valence-corrected chi connectivity index (χ2v) is 9.66. The molecule has 2 bridgehead atoms. The summed E-state index contributed by atoms with van der Waals surface area (Å²) in [4.78, 5) is 0. The third kappa shape index (κ3) is 3.53. The summed E-state index contributed by atoms with van der Waals surface area (Å²) in [5.41, 5.74) is 2.64. The molecule has 31 heavy (non-hydrogen) atoms. The predicted molar refractivity (Wildman–Crippen MR) is 123 cm³/mol. The van der Waals surface area contributed by atoms with Crippen LogP contribution in [0.15, 0.2) is 73.4 Å². The van der Waals surface area contributed by atoms with Gasteiger partial charge in [0.1, 0.15) is 18.7 Å². The molecule has 1 aromatic heterocycles. The van der Waals surface area contributed by atoms with Gasteiger partial charge in [0.05, 0.1) is 18.5 Å². The number of benzene rings is 2. The average Bonchev–Trinajstić information content (AvgIpc) is 2.79. The summed E-state index contributed by atoms with van der Waals surface area (Å²) >= 11 is 6.29. The van der Waals surface area contributed by atoms with Crippen LogP contribution in [0.25, 0.3) is 10.9 Å². The number of piperidine rings is 3. The van der Waals surface area contributed by atoms with Crippen LogP contribution in [0, 0.1) is 17.0 Å². The first kappa shape index (κ1) is 20.5. The molecule has 0 aliphatic carbocycles. The zero-order chi connectivity index (χ0) is 21.6. The van der Waals surface area contributed by atoms with E-state index in [4.69, 9.17) is 11.6 Å². The molecule has 2 aromatic carbocycles. The second kappa shape index (κ2) is 7.94. The van der Waals surface area contributed by atoms with Crippen molar-refractivity contribution in [3.05, 3.63) is 94.8 Å². The molecule has 6 rings (SSSR count). The topological polar surface area (TPSA) is 47.2 Å². The highest BCUT2D eigenvalue weighted by atomic mass is 35.5. The summed E-state index contributed by atoms with van der Waals surface area (Å²) in [5, 5.41) is 25.6. The first-order valence-corrected chi connectivity index (χ1v) is 11.4. The summed E-state index contributed by atoms with van der Waals surface area (Å²) in [7, 11) is 0. The van der Waals surface area contributed by atoms with Crippen molar-refractivity contribution in [2.75, 3.05) is 13.1 Å². The molecule has 0 saturated carbocycles. The van der Waals surface area contributed by atoms with Crippen LogP contribution in [0.3, 0.4) is 0 Å². The Labute approximate surface area is 188 Å². The van der Waals surface area contributed by atoms with Crippen LogP contribution >= 0.6 is 11.6 Å². The molecule has 3 saturated heterocycles. The molecule has 160 valence electrons. The van der Waals surface area contributed by atoms with Crippen LogP contribution in [0.1, 0.15) is 30.1 Å². The van der Waals surface area contributed by atoms with Crippen molar-refractivity contribution < 1.29 is 14.3 Å². The van der Waals surface area contributed by atoms with Crippen LogP contribution < -0.4 is 4.73 Å². The van der Waals surface area contributed by atoms with Crippen molar-refractivity contribution in [3.8, 4) is 0 Å². The molecule has 0 spiro atoms. The molecular weight excluding hydrogens is 408 g/mol. The van der Waals surface area contributed by atoms with Gasteiger partial charge in [0.2, 0.25) is 5.52 Å². The molecule has 3 aromatic rings. The summed E-state index contributed by atoms with van der Waals surface area (Å²) < 4.78 is 1.71. The van der Waals surface area contributed by atoms with Crippen LogP contribution in [0.5, 0.6) is 0 Å². The second-order valence-electron chi connectivity index (χ2n) is 9.22. The van der Waals surface area contributed by atoms with Crippen molar-refractivity contribution >= 4 is 22.5 Å². The molecule has 5 atom stereocenters. The fourth-order valence-electron chi connectivity index (χ4n) is 6.07. The van der Waals surface area contributed by atoms with Gasteiger partial charge in [-0.05, 0) is 24.1 Å². The van der Waals surface area contributed by atoms with Gasteiger partial charge < -0.3 is 14.8 Å². The highest BCUT2D eigenvalue weighted by molar-refractivity contribution is 6.30. The van der Waals surface area contributed by atoms with E-state index < -0.39 is 6.10 Å². The molecule has 5 heteroatoms. The maximum absolute atomic E-state index is 12.3. The predicted octanol–water partition coefficient (Wildman–Crippen LogP) is 4.77. The number of pyridine rings is 1. The number of halogens is 1. The lowest BCUT2D eigenvalue weighted by Crippen LogP contribution is -2.67. The minimum Gasteiger partial charge on any atom is -0.618 e. The minimum atomic E-state index is -0.640. The minimum absolute atomic E-state index is 0.0693. The number of fused-ring (bicyclic) bond motifs is 4. The molecule has 4 heterocycles. The Hall–Kier alpha value is -2.40. The number of quaternary nitrogens is 1. The summed E-state index contributed by atoms with van der Waals surface area (Å²) in [5.74, 6) is 1.02. The van der Waals surface area contributed by atoms with Crippen LogP contribution in [0.2, 0.25) is 5.02 Å². The Balaban J connectivity index is 1.57. The number of hydrogen-bond donors (Lipinski definition) is 1. The Morgan fingerprint density at radius 1 is 1.23 bits per heavy atom. The lowest BCUT2D eigenvalue weighted by atomic mass is 9.71. The molecular formula is C26H28ClN2O2+. The van der Waals surface area contributed by atoms with Gasteiger partial charge >= 0.3 is 0 Å². The van der Waals surface area contributed by atoms with E-state index in [0.717, 1.165) is 57.7 Å². The third-order valence-corrected chi connectivity index (χ3v) is 7.82. The number of nitrogens with zero attached hydrogens (tertiary/aromatic N) is 2. The van der Waals surface area contributed by atoms with Gasteiger partial charge in [-0.25, -0.2) is 0 Å². The third-order valence-electron chi connectivity index (χ3n) is 7.59. The highest BCUT2D eigenvalue weighted by Crippen LogP contribution is 2.48. The fourth-order valence-corrected chi connectivity index (χ4v) is 6.29. The van der Waals surface area contributed by atoms with Crippen molar-refractivity contribution in [1.82, 2.24) is 0 Å². The van der Waals surface area contributed by atoms with Crippen molar-refractivity contribution in [2.24, 2.45) is 11.8 Å². The molecule has 3 aliphatic heterocycles. The van der Waals surface area contributed by atoms with E-state index in [0.29, 0.717) is 17.4 Å². The number of aliphatic hydroxyl groups is 1. The van der Waals surface area contributed by atoms with E-state index in [1.807, 2.05) is 42.5 Å². The Morgan fingerprint density at radius 3 is 2.87 bits per heavy atom. The zero-order valence-electron chi connectivity index (χ0n) is 17.5.